The Hall–Kier alpha value is -2.18. The van der Waals surface area contributed by atoms with Crippen LogP contribution in [0.15, 0.2) is 53.3 Å². The van der Waals surface area contributed by atoms with E-state index in [4.69, 9.17) is 11.6 Å². The predicted molar refractivity (Wildman–Crippen MR) is 99.5 cm³/mol. The summed E-state index contributed by atoms with van der Waals surface area (Å²) in [5.74, 6) is -0.552. The highest BCUT2D eigenvalue weighted by Gasteiger charge is 2.19. The van der Waals surface area contributed by atoms with Crippen molar-refractivity contribution in [2.75, 3.05) is 0 Å². The quantitative estimate of drug-likeness (QED) is 0.685. The standard InChI is InChI=1S/C18H17ClN2O3S/c1-2-21-17-6-4-3-5-15(17)20-16(18(21)22)12-25(23,24)11-13-7-9-14(19)10-8-13/h3-10H,2,11-12H2,1H3. The largest absolute Gasteiger partial charge is 0.305 e. The van der Waals surface area contributed by atoms with Crippen LogP contribution >= 0.6 is 11.6 Å². The molecule has 0 N–H and O–H groups in total. The number of sulfone groups is 1. The van der Waals surface area contributed by atoms with Crippen molar-refractivity contribution in [3.8, 4) is 0 Å². The Labute approximate surface area is 150 Å². The van der Waals surface area contributed by atoms with Crippen molar-refractivity contribution in [1.82, 2.24) is 9.55 Å². The van der Waals surface area contributed by atoms with Gasteiger partial charge < -0.3 is 4.57 Å². The molecule has 3 aromatic rings. The lowest BCUT2D eigenvalue weighted by atomic mass is 10.2. The average Bonchev–Trinajstić information content (AvgIpc) is 2.57. The van der Waals surface area contributed by atoms with E-state index in [1.54, 1.807) is 41.0 Å². The summed E-state index contributed by atoms with van der Waals surface area (Å²) in [6.07, 6.45) is 0. The molecule has 7 heteroatoms. The van der Waals surface area contributed by atoms with Gasteiger partial charge in [0.2, 0.25) is 0 Å². The highest BCUT2D eigenvalue weighted by molar-refractivity contribution is 7.89. The molecule has 25 heavy (non-hydrogen) atoms. The summed E-state index contributed by atoms with van der Waals surface area (Å²) >= 11 is 5.82. The summed E-state index contributed by atoms with van der Waals surface area (Å²) < 4.78 is 26.6. The molecule has 0 fully saturated rings. The molecular formula is C18H17ClN2O3S. The van der Waals surface area contributed by atoms with E-state index in [2.05, 4.69) is 4.98 Å². The highest BCUT2D eigenvalue weighted by atomic mass is 35.5. The molecule has 2 aromatic carbocycles. The highest BCUT2D eigenvalue weighted by Crippen LogP contribution is 2.15. The topological polar surface area (TPSA) is 69.0 Å². The molecule has 1 heterocycles. The Morgan fingerprint density at radius 1 is 1.04 bits per heavy atom. The van der Waals surface area contributed by atoms with Crippen molar-refractivity contribution < 1.29 is 8.42 Å². The monoisotopic (exact) mass is 376 g/mol. The second-order valence-corrected chi connectivity index (χ2v) is 8.26. The first kappa shape index (κ1) is 17.6. The van der Waals surface area contributed by atoms with Crippen molar-refractivity contribution in [2.45, 2.75) is 25.0 Å². The predicted octanol–water partition coefficient (Wildman–Crippen LogP) is 3.18. The van der Waals surface area contributed by atoms with Crippen LogP contribution in [0.5, 0.6) is 0 Å². The first-order chi connectivity index (χ1) is 11.9. The minimum Gasteiger partial charge on any atom is -0.305 e. The fourth-order valence-electron chi connectivity index (χ4n) is 2.75. The van der Waals surface area contributed by atoms with Crippen LogP contribution in [0.3, 0.4) is 0 Å². The molecule has 0 saturated heterocycles. The fourth-order valence-corrected chi connectivity index (χ4v) is 4.28. The van der Waals surface area contributed by atoms with Gasteiger partial charge in [-0.3, -0.25) is 4.79 Å². The molecule has 0 aliphatic carbocycles. The SMILES string of the molecule is CCn1c(=O)c(CS(=O)(=O)Cc2ccc(Cl)cc2)nc2ccccc21. The van der Waals surface area contributed by atoms with Crippen molar-refractivity contribution in [1.29, 1.82) is 0 Å². The van der Waals surface area contributed by atoms with Crippen LogP contribution in [-0.2, 0) is 27.9 Å². The van der Waals surface area contributed by atoms with Crippen LogP contribution in [0.1, 0.15) is 18.2 Å². The Balaban J connectivity index is 1.98. The maximum atomic E-state index is 12.6. The second kappa shape index (κ2) is 6.98. The summed E-state index contributed by atoms with van der Waals surface area (Å²) in [7, 11) is -3.54. The first-order valence-corrected chi connectivity index (χ1v) is 10.0. The number of rotatable bonds is 5. The van der Waals surface area contributed by atoms with Crippen LogP contribution in [0.2, 0.25) is 5.02 Å². The van der Waals surface area contributed by atoms with Gasteiger partial charge in [-0.05, 0) is 36.8 Å². The molecule has 5 nitrogen and oxygen atoms in total. The molecule has 0 amide bonds. The molecule has 0 bridgehead atoms. The smallest absolute Gasteiger partial charge is 0.273 e. The van der Waals surface area contributed by atoms with Crippen molar-refractivity contribution >= 4 is 32.5 Å². The third-order valence-corrected chi connectivity index (χ3v) is 5.63. The molecule has 130 valence electrons. The normalized spacial score (nSPS) is 11.8. The number of hydrogen-bond acceptors (Lipinski definition) is 4. The first-order valence-electron chi connectivity index (χ1n) is 7.83. The molecule has 1 aromatic heterocycles. The molecule has 3 rings (SSSR count). The maximum absolute atomic E-state index is 12.6. The summed E-state index contributed by atoms with van der Waals surface area (Å²) in [6.45, 7) is 2.30. The van der Waals surface area contributed by atoms with Crippen molar-refractivity contribution in [2.24, 2.45) is 0 Å². The molecular weight excluding hydrogens is 360 g/mol. The lowest BCUT2D eigenvalue weighted by molar-refractivity contribution is 0.593. The number of aromatic nitrogens is 2. The number of aryl methyl sites for hydroxylation is 1. The van der Waals surface area contributed by atoms with E-state index in [-0.39, 0.29) is 22.8 Å². The summed E-state index contributed by atoms with van der Waals surface area (Å²) in [5.41, 5.74) is 1.63. The second-order valence-electron chi connectivity index (χ2n) is 5.76. The summed E-state index contributed by atoms with van der Waals surface area (Å²) in [4.78, 5) is 16.9. The van der Waals surface area contributed by atoms with Crippen LogP contribution in [0.25, 0.3) is 11.0 Å². The molecule has 0 atom stereocenters. The van der Waals surface area contributed by atoms with Gasteiger partial charge >= 0.3 is 0 Å². The maximum Gasteiger partial charge on any atom is 0.273 e. The van der Waals surface area contributed by atoms with E-state index >= 15 is 0 Å². The van der Waals surface area contributed by atoms with E-state index in [1.807, 2.05) is 19.1 Å². The van der Waals surface area contributed by atoms with E-state index in [1.165, 1.54) is 0 Å². The number of para-hydroxylation sites is 2. The number of nitrogens with zero attached hydrogens (tertiary/aromatic N) is 2. The third kappa shape index (κ3) is 3.91. The summed E-state index contributed by atoms with van der Waals surface area (Å²) in [6, 6.07) is 13.8. The van der Waals surface area contributed by atoms with Gasteiger partial charge in [0.15, 0.2) is 9.84 Å². The van der Waals surface area contributed by atoms with E-state index in [9.17, 15) is 13.2 Å². The molecule has 0 unspecified atom stereocenters. The Morgan fingerprint density at radius 2 is 1.72 bits per heavy atom. The van der Waals surface area contributed by atoms with Gasteiger partial charge in [-0.1, -0.05) is 35.9 Å². The van der Waals surface area contributed by atoms with Gasteiger partial charge in [0.05, 0.1) is 22.5 Å². The van der Waals surface area contributed by atoms with Crippen LogP contribution in [0, 0.1) is 0 Å². The molecule has 0 spiro atoms. The van der Waals surface area contributed by atoms with Gasteiger partial charge in [-0.2, -0.15) is 0 Å². The van der Waals surface area contributed by atoms with Gasteiger partial charge in [0.1, 0.15) is 5.69 Å². The Bertz CT molecular complexity index is 1070. The Kier molecular flexibility index (Phi) is 4.92. The minimum atomic E-state index is -3.54. The van der Waals surface area contributed by atoms with Gasteiger partial charge in [0.25, 0.3) is 5.56 Å². The average molecular weight is 377 g/mol. The molecule has 0 aliphatic heterocycles. The van der Waals surface area contributed by atoms with E-state index < -0.39 is 9.84 Å². The number of benzene rings is 2. The third-order valence-electron chi connectivity index (χ3n) is 3.89. The Morgan fingerprint density at radius 3 is 2.40 bits per heavy atom. The zero-order valence-corrected chi connectivity index (χ0v) is 15.2. The minimum absolute atomic E-state index is 0.0505. The zero-order valence-electron chi connectivity index (χ0n) is 13.6. The molecule has 0 radical (unpaired) electrons. The number of halogens is 1. The van der Waals surface area contributed by atoms with E-state index in [0.29, 0.717) is 28.2 Å². The lowest BCUT2D eigenvalue weighted by Gasteiger charge is -2.10. The fraction of sp³-hybridized carbons (Fsp3) is 0.222. The van der Waals surface area contributed by atoms with Crippen LogP contribution in [0.4, 0.5) is 0 Å². The summed E-state index contributed by atoms with van der Waals surface area (Å²) in [5, 5.41) is 0.545. The molecule has 0 saturated carbocycles. The number of hydrogen-bond donors (Lipinski definition) is 0. The van der Waals surface area contributed by atoms with Gasteiger partial charge in [-0.15, -0.1) is 0 Å². The van der Waals surface area contributed by atoms with Crippen LogP contribution in [-0.4, -0.2) is 18.0 Å². The zero-order chi connectivity index (χ0) is 18.0. The number of fused-ring (bicyclic) bond motifs is 1. The lowest BCUT2D eigenvalue weighted by Crippen LogP contribution is -2.27. The van der Waals surface area contributed by atoms with Gasteiger partial charge in [0, 0.05) is 11.6 Å². The van der Waals surface area contributed by atoms with Crippen molar-refractivity contribution in [3.63, 3.8) is 0 Å². The van der Waals surface area contributed by atoms with Gasteiger partial charge in [-0.25, -0.2) is 13.4 Å². The molecule has 0 aliphatic rings. The van der Waals surface area contributed by atoms with E-state index in [0.717, 1.165) is 0 Å². The van der Waals surface area contributed by atoms with Crippen molar-refractivity contribution in [3.05, 3.63) is 75.2 Å². The van der Waals surface area contributed by atoms with Crippen LogP contribution < -0.4 is 5.56 Å².